The molecule has 1 aromatic carbocycles. The fraction of sp³-hybridized carbons (Fsp3) is 0. The van der Waals surface area contributed by atoms with Gasteiger partial charge in [-0.05, 0) is 24.3 Å². The average molecular weight is 212 g/mol. The number of nitrogens with two attached hydrogens (primary N) is 1. The highest BCUT2D eigenvalue weighted by Crippen LogP contribution is 2.21. The zero-order valence-corrected chi connectivity index (χ0v) is 8.31. The summed E-state index contributed by atoms with van der Waals surface area (Å²) in [5, 5.41) is 0.959. The van der Waals surface area contributed by atoms with Gasteiger partial charge >= 0.3 is 0 Å². The first-order valence-corrected chi connectivity index (χ1v) is 4.83. The first-order valence-electron chi connectivity index (χ1n) is 4.83. The number of anilines is 1. The maximum absolute atomic E-state index is 12.1. The molecule has 78 valence electrons. The fourth-order valence-corrected chi connectivity index (χ4v) is 1.73. The molecule has 2 aromatic heterocycles. The van der Waals surface area contributed by atoms with E-state index in [1.54, 1.807) is 36.5 Å². The summed E-state index contributed by atoms with van der Waals surface area (Å²) in [6.45, 7) is 0. The molecule has 16 heavy (non-hydrogen) atoms. The van der Waals surface area contributed by atoms with Gasteiger partial charge in [-0.15, -0.1) is 0 Å². The molecular formula is C12H8N2O2. The smallest absolute Gasteiger partial charge is 0.230 e. The minimum atomic E-state index is -0.100. The number of rotatable bonds is 0. The molecule has 0 saturated carbocycles. The summed E-state index contributed by atoms with van der Waals surface area (Å²) in [6.07, 6.45) is 1.58. The number of pyridine rings is 1. The van der Waals surface area contributed by atoms with Crippen LogP contribution in [0.3, 0.4) is 0 Å². The van der Waals surface area contributed by atoms with E-state index in [4.69, 9.17) is 10.2 Å². The lowest BCUT2D eigenvalue weighted by Gasteiger charge is -2.01. The van der Waals surface area contributed by atoms with E-state index in [1.165, 1.54) is 0 Å². The molecule has 3 rings (SSSR count). The third-order valence-corrected chi connectivity index (χ3v) is 2.50. The Morgan fingerprint density at radius 2 is 1.94 bits per heavy atom. The normalized spacial score (nSPS) is 11.0. The van der Waals surface area contributed by atoms with Gasteiger partial charge in [0.05, 0.1) is 16.5 Å². The topological polar surface area (TPSA) is 69.1 Å². The largest absolute Gasteiger partial charge is 0.435 e. The van der Waals surface area contributed by atoms with Crippen LogP contribution in [0.4, 0.5) is 5.69 Å². The SMILES string of the molecule is Nc1cccc2c(=O)c3cccnc3oc12. The number of hydrogen-bond donors (Lipinski definition) is 1. The van der Waals surface area contributed by atoms with Crippen LogP contribution in [0.5, 0.6) is 0 Å². The van der Waals surface area contributed by atoms with Gasteiger partial charge in [0.15, 0.2) is 5.58 Å². The molecular weight excluding hydrogens is 204 g/mol. The van der Waals surface area contributed by atoms with E-state index < -0.39 is 0 Å². The quantitative estimate of drug-likeness (QED) is 0.456. The summed E-state index contributed by atoms with van der Waals surface area (Å²) in [5.41, 5.74) is 6.82. The van der Waals surface area contributed by atoms with Crippen molar-refractivity contribution in [2.24, 2.45) is 0 Å². The van der Waals surface area contributed by atoms with E-state index in [1.807, 2.05) is 0 Å². The summed E-state index contributed by atoms with van der Waals surface area (Å²) in [7, 11) is 0. The predicted octanol–water partition coefficient (Wildman–Crippen LogP) is 1.92. The van der Waals surface area contributed by atoms with Crippen LogP contribution in [0.25, 0.3) is 22.1 Å². The third-order valence-electron chi connectivity index (χ3n) is 2.50. The predicted molar refractivity (Wildman–Crippen MR) is 62.2 cm³/mol. The summed E-state index contributed by atoms with van der Waals surface area (Å²) >= 11 is 0. The van der Waals surface area contributed by atoms with Gasteiger partial charge in [0, 0.05) is 6.20 Å². The molecule has 0 fully saturated rings. The zero-order chi connectivity index (χ0) is 11.1. The van der Waals surface area contributed by atoms with Crippen LogP contribution in [0.2, 0.25) is 0 Å². The van der Waals surface area contributed by atoms with Gasteiger partial charge in [-0.25, -0.2) is 4.98 Å². The lowest BCUT2D eigenvalue weighted by molar-refractivity contribution is 0.646. The van der Waals surface area contributed by atoms with Crippen LogP contribution in [0.15, 0.2) is 45.7 Å². The number of benzene rings is 1. The molecule has 4 nitrogen and oxygen atoms in total. The van der Waals surface area contributed by atoms with Gasteiger partial charge in [0.25, 0.3) is 0 Å². The van der Waals surface area contributed by atoms with Crippen LogP contribution in [0, 0.1) is 0 Å². The Balaban J connectivity index is 2.67. The molecule has 0 atom stereocenters. The highest BCUT2D eigenvalue weighted by molar-refractivity contribution is 5.93. The van der Waals surface area contributed by atoms with Gasteiger partial charge in [-0.1, -0.05) is 6.07 Å². The molecule has 0 aliphatic rings. The molecule has 0 aliphatic carbocycles. The second-order valence-electron chi connectivity index (χ2n) is 3.51. The van der Waals surface area contributed by atoms with Gasteiger partial charge < -0.3 is 10.2 Å². The van der Waals surface area contributed by atoms with Crippen molar-refractivity contribution in [2.75, 3.05) is 5.73 Å². The van der Waals surface area contributed by atoms with Gasteiger partial charge in [0.1, 0.15) is 0 Å². The second-order valence-corrected chi connectivity index (χ2v) is 3.51. The third kappa shape index (κ3) is 1.10. The summed E-state index contributed by atoms with van der Waals surface area (Å²) in [5.74, 6) is 0. The Hall–Kier alpha value is -2.36. The standard InChI is InChI=1S/C12H8N2O2/c13-9-5-1-3-7-10(15)8-4-2-6-14-12(8)16-11(7)9/h1-6H,13H2. The number of nitrogen functional groups attached to an aromatic ring is 1. The fourth-order valence-electron chi connectivity index (χ4n) is 1.73. The Morgan fingerprint density at radius 1 is 1.12 bits per heavy atom. The number of nitrogens with zero attached hydrogens (tertiary/aromatic N) is 1. The Labute approximate surface area is 90.3 Å². The number of aromatic nitrogens is 1. The van der Waals surface area contributed by atoms with E-state index in [0.717, 1.165) is 0 Å². The molecule has 0 bridgehead atoms. The first-order chi connectivity index (χ1) is 7.77. The molecule has 0 spiro atoms. The minimum absolute atomic E-state index is 0.100. The maximum atomic E-state index is 12.1. The summed E-state index contributed by atoms with van der Waals surface area (Å²) in [6, 6.07) is 8.52. The van der Waals surface area contributed by atoms with Gasteiger partial charge in [0.2, 0.25) is 11.1 Å². The summed E-state index contributed by atoms with van der Waals surface area (Å²) < 4.78 is 5.52. The van der Waals surface area contributed by atoms with Crippen molar-refractivity contribution in [2.45, 2.75) is 0 Å². The number of hydrogen-bond acceptors (Lipinski definition) is 4. The van der Waals surface area contributed by atoms with Crippen molar-refractivity contribution in [3.63, 3.8) is 0 Å². The van der Waals surface area contributed by atoms with Crippen molar-refractivity contribution in [1.29, 1.82) is 0 Å². The second kappa shape index (κ2) is 3.06. The lowest BCUT2D eigenvalue weighted by atomic mass is 10.1. The lowest BCUT2D eigenvalue weighted by Crippen LogP contribution is -2.03. The summed E-state index contributed by atoms with van der Waals surface area (Å²) in [4.78, 5) is 16.1. The monoisotopic (exact) mass is 212 g/mol. The molecule has 4 heteroatoms. The molecule has 0 saturated heterocycles. The molecule has 0 aliphatic heterocycles. The van der Waals surface area contributed by atoms with Crippen LogP contribution in [-0.4, -0.2) is 4.98 Å². The molecule has 0 radical (unpaired) electrons. The van der Waals surface area contributed by atoms with E-state index >= 15 is 0 Å². The van der Waals surface area contributed by atoms with E-state index in [9.17, 15) is 4.79 Å². The number of fused-ring (bicyclic) bond motifs is 2. The molecule has 2 heterocycles. The molecule has 0 unspecified atom stereocenters. The van der Waals surface area contributed by atoms with Crippen LogP contribution in [-0.2, 0) is 0 Å². The van der Waals surface area contributed by atoms with Crippen LogP contribution >= 0.6 is 0 Å². The van der Waals surface area contributed by atoms with E-state index in [-0.39, 0.29) is 5.43 Å². The van der Waals surface area contributed by atoms with E-state index in [2.05, 4.69) is 4.98 Å². The van der Waals surface area contributed by atoms with Gasteiger partial charge in [-0.2, -0.15) is 0 Å². The van der Waals surface area contributed by atoms with Gasteiger partial charge in [-0.3, -0.25) is 4.79 Å². The Morgan fingerprint density at radius 3 is 2.81 bits per heavy atom. The molecule has 3 aromatic rings. The van der Waals surface area contributed by atoms with Crippen molar-refractivity contribution in [3.05, 3.63) is 46.8 Å². The Bertz CT molecular complexity index is 747. The minimum Gasteiger partial charge on any atom is -0.435 e. The van der Waals surface area contributed by atoms with E-state index in [0.29, 0.717) is 27.8 Å². The van der Waals surface area contributed by atoms with Crippen molar-refractivity contribution >= 4 is 27.8 Å². The average Bonchev–Trinajstić information content (AvgIpc) is 2.31. The highest BCUT2D eigenvalue weighted by Gasteiger charge is 2.09. The Kier molecular flexibility index (Phi) is 1.71. The first kappa shape index (κ1) is 8.91. The number of para-hydroxylation sites is 1. The maximum Gasteiger partial charge on any atom is 0.230 e. The van der Waals surface area contributed by atoms with Crippen molar-refractivity contribution in [1.82, 2.24) is 4.98 Å². The zero-order valence-electron chi connectivity index (χ0n) is 8.31. The molecule has 0 amide bonds. The van der Waals surface area contributed by atoms with Crippen molar-refractivity contribution in [3.8, 4) is 0 Å². The molecule has 2 N–H and O–H groups in total. The van der Waals surface area contributed by atoms with Crippen LogP contribution in [0.1, 0.15) is 0 Å². The van der Waals surface area contributed by atoms with Crippen LogP contribution < -0.4 is 11.2 Å². The highest BCUT2D eigenvalue weighted by atomic mass is 16.3. The van der Waals surface area contributed by atoms with Crippen molar-refractivity contribution < 1.29 is 4.42 Å².